The van der Waals surface area contributed by atoms with Crippen LogP contribution in [0.4, 0.5) is 0 Å². The van der Waals surface area contributed by atoms with Crippen LogP contribution in [0.1, 0.15) is 23.3 Å². The summed E-state index contributed by atoms with van der Waals surface area (Å²) in [4.78, 5) is 24.9. The average Bonchev–Trinajstić information content (AvgIpc) is 3.11. The van der Waals surface area contributed by atoms with Crippen LogP contribution >= 0.6 is 11.3 Å². The van der Waals surface area contributed by atoms with Crippen LogP contribution in [0.3, 0.4) is 0 Å². The van der Waals surface area contributed by atoms with Crippen LogP contribution in [0.15, 0.2) is 38.6 Å². The molecule has 0 aliphatic carbocycles. The van der Waals surface area contributed by atoms with Gasteiger partial charge in [-0.25, -0.2) is 18.2 Å². The predicted octanol–water partition coefficient (Wildman–Crippen LogP) is 0.414. The number of hydrogen-bond acceptors (Lipinski definition) is 6. The molecular weight excluding hydrogens is 352 g/mol. The largest absolute Gasteiger partial charge is 0.337 e. The molecule has 1 saturated heterocycles. The van der Waals surface area contributed by atoms with Crippen LogP contribution < -0.4 is 10.3 Å². The molecule has 1 fully saturated rings. The summed E-state index contributed by atoms with van der Waals surface area (Å²) >= 11 is 1.17. The van der Waals surface area contributed by atoms with Gasteiger partial charge in [-0.05, 0) is 30.4 Å². The minimum atomic E-state index is -3.50. The summed E-state index contributed by atoms with van der Waals surface area (Å²) in [6, 6.07) is 5.68. The summed E-state index contributed by atoms with van der Waals surface area (Å²) in [5.74, 6) is -0.272. The molecule has 0 atom stereocenters. The SMILES string of the molecule is O=C(c1ccc(=O)[nH]n1)N1CCC(NS(=O)(=O)c2cccs2)CC1. The van der Waals surface area contributed by atoms with Gasteiger partial charge >= 0.3 is 0 Å². The number of hydrogen-bond donors (Lipinski definition) is 2. The first kappa shape index (κ1) is 16.8. The van der Waals surface area contributed by atoms with Crippen LogP contribution in [0.5, 0.6) is 0 Å². The highest BCUT2D eigenvalue weighted by Gasteiger charge is 2.28. The molecular formula is C14H16N4O4S2. The van der Waals surface area contributed by atoms with Crippen LogP contribution in [-0.2, 0) is 10.0 Å². The lowest BCUT2D eigenvalue weighted by Gasteiger charge is -2.31. The molecule has 3 rings (SSSR count). The van der Waals surface area contributed by atoms with Crippen molar-refractivity contribution in [1.29, 1.82) is 0 Å². The van der Waals surface area contributed by atoms with Crippen molar-refractivity contribution in [2.45, 2.75) is 23.1 Å². The van der Waals surface area contributed by atoms with Gasteiger partial charge in [0.2, 0.25) is 10.0 Å². The third-order valence-corrected chi connectivity index (χ3v) is 6.68. The molecule has 3 heterocycles. The molecule has 0 aromatic carbocycles. The maximum atomic E-state index is 12.3. The fourth-order valence-corrected chi connectivity index (χ4v) is 4.83. The third kappa shape index (κ3) is 3.71. The predicted molar refractivity (Wildman–Crippen MR) is 88.4 cm³/mol. The van der Waals surface area contributed by atoms with E-state index in [4.69, 9.17) is 0 Å². The Morgan fingerprint density at radius 3 is 2.62 bits per heavy atom. The van der Waals surface area contributed by atoms with E-state index >= 15 is 0 Å². The van der Waals surface area contributed by atoms with Crippen molar-refractivity contribution in [2.75, 3.05) is 13.1 Å². The first-order chi connectivity index (χ1) is 11.5. The Labute approximate surface area is 142 Å². The number of carbonyl (C=O) groups is 1. The van der Waals surface area contributed by atoms with Gasteiger partial charge in [0.25, 0.3) is 11.5 Å². The lowest BCUT2D eigenvalue weighted by Crippen LogP contribution is -2.46. The van der Waals surface area contributed by atoms with E-state index in [1.807, 2.05) is 0 Å². The Morgan fingerprint density at radius 1 is 1.29 bits per heavy atom. The molecule has 10 heteroatoms. The second-order valence-corrected chi connectivity index (χ2v) is 8.31. The third-order valence-electron chi connectivity index (χ3n) is 3.76. The average molecular weight is 368 g/mol. The van der Waals surface area contributed by atoms with Gasteiger partial charge in [-0.1, -0.05) is 6.07 Å². The quantitative estimate of drug-likeness (QED) is 0.812. The number of likely N-dealkylation sites (tertiary alicyclic amines) is 1. The Bertz CT molecular complexity index is 848. The maximum absolute atomic E-state index is 12.3. The summed E-state index contributed by atoms with van der Waals surface area (Å²) in [5, 5.41) is 7.67. The van der Waals surface area contributed by atoms with Crippen molar-refractivity contribution in [2.24, 2.45) is 0 Å². The first-order valence-corrected chi connectivity index (χ1v) is 9.73. The highest BCUT2D eigenvalue weighted by molar-refractivity contribution is 7.91. The van der Waals surface area contributed by atoms with E-state index in [1.165, 1.54) is 23.5 Å². The normalized spacial score (nSPS) is 16.2. The number of nitrogens with zero attached hydrogens (tertiary/aromatic N) is 2. The van der Waals surface area contributed by atoms with Gasteiger partial charge in [0, 0.05) is 25.2 Å². The zero-order valence-corrected chi connectivity index (χ0v) is 14.3. The molecule has 128 valence electrons. The second-order valence-electron chi connectivity index (χ2n) is 5.43. The second kappa shape index (κ2) is 6.83. The molecule has 0 bridgehead atoms. The Morgan fingerprint density at radius 2 is 2.04 bits per heavy atom. The maximum Gasteiger partial charge on any atom is 0.274 e. The zero-order valence-electron chi connectivity index (χ0n) is 12.6. The van der Waals surface area contributed by atoms with Gasteiger partial charge in [-0.15, -0.1) is 11.3 Å². The summed E-state index contributed by atoms with van der Waals surface area (Å²) in [5.41, 5.74) is -0.194. The molecule has 2 aromatic rings. The fraction of sp³-hybridized carbons (Fsp3) is 0.357. The van der Waals surface area contributed by atoms with E-state index < -0.39 is 10.0 Å². The smallest absolute Gasteiger partial charge is 0.274 e. The molecule has 1 aliphatic heterocycles. The highest BCUT2D eigenvalue weighted by atomic mass is 32.2. The minimum absolute atomic E-state index is 0.173. The van der Waals surface area contributed by atoms with Crippen LogP contribution in [0.2, 0.25) is 0 Å². The number of H-pyrrole nitrogens is 1. The van der Waals surface area contributed by atoms with E-state index in [0.717, 1.165) is 0 Å². The topological polar surface area (TPSA) is 112 Å². The number of aromatic amines is 1. The molecule has 1 amide bonds. The van der Waals surface area contributed by atoms with Crippen molar-refractivity contribution in [3.63, 3.8) is 0 Å². The number of sulfonamides is 1. The van der Waals surface area contributed by atoms with E-state index in [2.05, 4.69) is 14.9 Å². The number of carbonyl (C=O) groups excluding carboxylic acids is 1. The van der Waals surface area contributed by atoms with Crippen molar-refractivity contribution in [1.82, 2.24) is 19.8 Å². The van der Waals surface area contributed by atoms with Gasteiger partial charge < -0.3 is 4.90 Å². The van der Waals surface area contributed by atoms with Crippen LogP contribution in [0, 0.1) is 0 Å². The fourth-order valence-electron chi connectivity index (χ4n) is 2.52. The number of aromatic nitrogens is 2. The molecule has 2 aromatic heterocycles. The summed E-state index contributed by atoms with van der Waals surface area (Å²) < 4.78 is 27.4. The molecule has 0 radical (unpaired) electrons. The van der Waals surface area contributed by atoms with E-state index in [1.54, 1.807) is 22.4 Å². The zero-order chi connectivity index (χ0) is 17.2. The van der Waals surface area contributed by atoms with E-state index in [9.17, 15) is 18.0 Å². The van der Waals surface area contributed by atoms with Gasteiger partial charge in [0.05, 0.1) is 0 Å². The molecule has 1 aliphatic rings. The van der Waals surface area contributed by atoms with E-state index in [0.29, 0.717) is 30.1 Å². The first-order valence-electron chi connectivity index (χ1n) is 7.36. The van der Waals surface area contributed by atoms with Crippen molar-refractivity contribution in [3.05, 3.63) is 45.7 Å². The summed E-state index contributed by atoms with van der Waals surface area (Å²) in [6.07, 6.45) is 1.05. The molecule has 2 N–H and O–H groups in total. The number of thiophene rings is 1. The number of amides is 1. The standard InChI is InChI=1S/C14H16N4O4S2/c19-12-4-3-11(15-16-12)14(20)18-7-5-10(6-8-18)17-24(21,22)13-2-1-9-23-13/h1-4,9-10,17H,5-8H2,(H,16,19). The Hall–Kier alpha value is -2.04. The van der Waals surface area contributed by atoms with Crippen LogP contribution in [-0.4, -0.2) is 48.6 Å². The molecule has 0 saturated carbocycles. The van der Waals surface area contributed by atoms with Crippen molar-refractivity contribution in [3.8, 4) is 0 Å². The van der Waals surface area contributed by atoms with Gasteiger partial charge in [-0.3, -0.25) is 9.59 Å². The lowest BCUT2D eigenvalue weighted by molar-refractivity contribution is 0.0704. The summed E-state index contributed by atoms with van der Waals surface area (Å²) in [7, 11) is -3.50. The minimum Gasteiger partial charge on any atom is -0.337 e. The molecule has 8 nitrogen and oxygen atoms in total. The van der Waals surface area contributed by atoms with Gasteiger partial charge in [0.1, 0.15) is 9.90 Å². The lowest BCUT2D eigenvalue weighted by atomic mass is 10.1. The monoisotopic (exact) mass is 368 g/mol. The number of piperidine rings is 1. The number of nitrogens with one attached hydrogen (secondary N) is 2. The molecule has 0 spiro atoms. The molecule has 0 unspecified atom stereocenters. The van der Waals surface area contributed by atoms with E-state index in [-0.39, 0.29) is 23.2 Å². The highest BCUT2D eigenvalue weighted by Crippen LogP contribution is 2.19. The Kier molecular flexibility index (Phi) is 4.78. The molecule has 24 heavy (non-hydrogen) atoms. The van der Waals surface area contributed by atoms with Crippen molar-refractivity contribution < 1.29 is 13.2 Å². The number of rotatable bonds is 4. The Balaban J connectivity index is 1.59. The van der Waals surface area contributed by atoms with Gasteiger partial charge in [-0.2, -0.15) is 5.10 Å². The van der Waals surface area contributed by atoms with Gasteiger partial charge in [0.15, 0.2) is 0 Å². The van der Waals surface area contributed by atoms with Crippen molar-refractivity contribution >= 4 is 27.3 Å². The summed E-state index contributed by atoms with van der Waals surface area (Å²) in [6.45, 7) is 0.856. The van der Waals surface area contributed by atoms with Crippen LogP contribution in [0.25, 0.3) is 0 Å².